The van der Waals surface area contributed by atoms with Gasteiger partial charge in [-0.15, -0.1) is 10.2 Å². The summed E-state index contributed by atoms with van der Waals surface area (Å²) in [5.41, 5.74) is 1.49. The number of nitrogens with zero attached hydrogens (tertiary/aromatic N) is 3. The van der Waals surface area contributed by atoms with E-state index in [9.17, 15) is 14.7 Å². The molecule has 1 atom stereocenters. The number of hydrogen-bond acceptors (Lipinski definition) is 7. The second-order valence-corrected chi connectivity index (χ2v) is 8.63. The summed E-state index contributed by atoms with van der Waals surface area (Å²) < 4.78 is 5.65. The van der Waals surface area contributed by atoms with E-state index in [1.54, 1.807) is 37.3 Å². The number of carbonyl (C=O) groups is 2. The minimum absolute atomic E-state index is 0.00209. The lowest BCUT2D eigenvalue weighted by Crippen LogP contribution is -2.30. The van der Waals surface area contributed by atoms with Crippen LogP contribution in [0.4, 0.5) is 5.13 Å². The Labute approximate surface area is 195 Å². The quantitative estimate of drug-likeness (QED) is 0.484. The van der Waals surface area contributed by atoms with E-state index in [1.165, 1.54) is 22.3 Å². The summed E-state index contributed by atoms with van der Waals surface area (Å²) in [5, 5.41) is 19.8. The Kier molecular flexibility index (Phi) is 6.65. The average Bonchev–Trinajstić information content (AvgIpc) is 3.37. The minimum atomic E-state index is -0.835. The number of ether oxygens (including phenoxy) is 1. The number of anilines is 1. The number of hydrogen-bond donors (Lipinski definition) is 1. The summed E-state index contributed by atoms with van der Waals surface area (Å²) in [6.07, 6.45) is 3.91. The fourth-order valence-corrected chi connectivity index (χ4v) is 4.26. The van der Waals surface area contributed by atoms with Crippen molar-refractivity contribution in [3.63, 3.8) is 0 Å². The van der Waals surface area contributed by atoms with Crippen LogP contribution in [0.5, 0.6) is 5.75 Å². The molecule has 1 aliphatic heterocycles. The van der Waals surface area contributed by atoms with Gasteiger partial charge in [0.25, 0.3) is 5.91 Å². The van der Waals surface area contributed by atoms with Crippen molar-refractivity contribution < 1.29 is 19.4 Å². The van der Waals surface area contributed by atoms with Gasteiger partial charge in [-0.3, -0.25) is 14.5 Å². The highest BCUT2D eigenvalue weighted by molar-refractivity contribution is 7.15. The Morgan fingerprint density at radius 2 is 1.88 bits per heavy atom. The van der Waals surface area contributed by atoms with Gasteiger partial charge in [-0.2, -0.15) is 0 Å². The van der Waals surface area contributed by atoms with Gasteiger partial charge in [0.1, 0.15) is 10.8 Å². The molecule has 0 radical (unpaired) electrons. The predicted molar refractivity (Wildman–Crippen MR) is 127 cm³/mol. The molecule has 1 aliphatic rings. The van der Waals surface area contributed by atoms with Gasteiger partial charge in [0.05, 0.1) is 18.2 Å². The fourth-order valence-electron chi connectivity index (χ4n) is 3.55. The Balaban J connectivity index is 1.73. The van der Waals surface area contributed by atoms with Crippen LogP contribution in [-0.4, -0.2) is 33.6 Å². The van der Waals surface area contributed by atoms with Crippen LogP contribution in [0.15, 0.2) is 72.0 Å². The monoisotopic (exact) mass is 461 g/mol. The highest BCUT2D eigenvalue weighted by Crippen LogP contribution is 2.42. The number of rotatable bonds is 8. The molecule has 0 saturated carbocycles. The summed E-state index contributed by atoms with van der Waals surface area (Å²) in [5.74, 6) is -1.03. The lowest BCUT2D eigenvalue weighted by molar-refractivity contribution is -0.117. The second-order valence-electron chi connectivity index (χ2n) is 7.47. The molecular weight excluding hydrogens is 438 g/mol. The highest BCUT2D eigenvalue weighted by atomic mass is 32.1. The molecule has 168 valence electrons. The van der Waals surface area contributed by atoms with Crippen LogP contribution in [-0.2, 0) is 9.59 Å². The van der Waals surface area contributed by atoms with Gasteiger partial charge >= 0.3 is 0 Å². The predicted octanol–water partition coefficient (Wildman–Crippen LogP) is 4.82. The van der Waals surface area contributed by atoms with Gasteiger partial charge in [0.2, 0.25) is 5.13 Å². The topological polar surface area (TPSA) is 92.6 Å². The molecule has 2 heterocycles. The maximum Gasteiger partial charge on any atom is 0.296 e. The summed E-state index contributed by atoms with van der Waals surface area (Å²) >= 11 is 1.22. The standard InChI is InChI=1S/C25H23N3O4S/c1-3-15-32-19-12-10-18(11-13-19)22-21(20(29)14-9-17-7-5-4-6-8-17)23(30)24(31)28(22)25-27-26-16(2)33-25/h4-14,22,30H,3,15H2,1-2H3. The Hall–Kier alpha value is -3.78. The summed E-state index contributed by atoms with van der Waals surface area (Å²) in [6.45, 7) is 4.39. The lowest BCUT2D eigenvalue weighted by atomic mass is 9.95. The van der Waals surface area contributed by atoms with E-state index >= 15 is 0 Å². The maximum absolute atomic E-state index is 13.2. The third-order valence-corrected chi connectivity index (χ3v) is 5.93. The van der Waals surface area contributed by atoms with Gasteiger partial charge in [0.15, 0.2) is 11.5 Å². The van der Waals surface area contributed by atoms with E-state index in [2.05, 4.69) is 10.2 Å². The van der Waals surface area contributed by atoms with Crippen LogP contribution in [0.25, 0.3) is 6.08 Å². The van der Waals surface area contributed by atoms with Gasteiger partial charge < -0.3 is 9.84 Å². The first-order valence-electron chi connectivity index (χ1n) is 10.6. The number of ketones is 1. The third kappa shape index (κ3) is 4.70. The first-order valence-corrected chi connectivity index (χ1v) is 11.4. The molecule has 0 bridgehead atoms. The Morgan fingerprint density at radius 3 is 2.52 bits per heavy atom. The number of aliphatic hydroxyl groups excluding tert-OH is 1. The molecule has 8 heteroatoms. The summed E-state index contributed by atoms with van der Waals surface area (Å²) in [7, 11) is 0. The van der Waals surface area contributed by atoms with Gasteiger partial charge in [-0.05, 0) is 42.7 Å². The zero-order chi connectivity index (χ0) is 23.4. The normalized spacial score (nSPS) is 16.1. The number of aromatic nitrogens is 2. The molecule has 0 aliphatic carbocycles. The molecule has 1 aromatic heterocycles. The van der Waals surface area contributed by atoms with E-state index < -0.39 is 23.5 Å². The van der Waals surface area contributed by atoms with Crippen molar-refractivity contribution in [2.24, 2.45) is 0 Å². The van der Waals surface area contributed by atoms with E-state index in [0.717, 1.165) is 12.0 Å². The number of aryl methyl sites for hydroxylation is 1. The molecule has 33 heavy (non-hydrogen) atoms. The zero-order valence-electron chi connectivity index (χ0n) is 18.3. The van der Waals surface area contributed by atoms with Crippen LogP contribution in [0.2, 0.25) is 0 Å². The van der Waals surface area contributed by atoms with Crippen LogP contribution in [0, 0.1) is 6.92 Å². The number of aliphatic hydroxyl groups is 1. The molecule has 0 saturated heterocycles. The van der Waals surface area contributed by atoms with Gasteiger partial charge in [-0.1, -0.05) is 66.8 Å². The van der Waals surface area contributed by atoms with Crippen molar-refractivity contribution in [2.75, 3.05) is 11.5 Å². The Morgan fingerprint density at radius 1 is 1.15 bits per heavy atom. The lowest BCUT2D eigenvalue weighted by Gasteiger charge is -2.24. The van der Waals surface area contributed by atoms with Crippen molar-refractivity contribution in [2.45, 2.75) is 26.3 Å². The molecule has 2 aromatic carbocycles. The number of amides is 1. The first kappa shape index (κ1) is 22.4. The largest absolute Gasteiger partial charge is 0.503 e. The molecule has 4 rings (SSSR count). The third-order valence-electron chi connectivity index (χ3n) is 5.09. The van der Waals surface area contributed by atoms with Crippen LogP contribution >= 0.6 is 11.3 Å². The number of benzene rings is 2. The van der Waals surface area contributed by atoms with Crippen LogP contribution < -0.4 is 9.64 Å². The van der Waals surface area contributed by atoms with Gasteiger partial charge in [0, 0.05) is 0 Å². The average molecular weight is 462 g/mol. The molecule has 1 unspecified atom stereocenters. The molecule has 7 nitrogen and oxygen atoms in total. The van der Waals surface area contributed by atoms with Crippen molar-refractivity contribution in [1.82, 2.24) is 10.2 Å². The van der Waals surface area contributed by atoms with E-state index in [1.807, 2.05) is 37.3 Å². The molecular formula is C25H23N3O4S. The number of carbonyl (C=O) groups excluding carboxylic acids is 2. The molecule has 0 spiro atoms. The molecule has 3 aromatic rings. The smallest absolute Gasteiger partial charge is 0.296 e. The van der Waals surface area contributed by atoms with Crippen molar-refractivity contribution in [1.29, 1.82) is 0 Å². The van der Waals surface area contributed by atoms with E-state index in [-0.39, 0.29) is 5.57 Å². The highest BCUT2D eigenvalue weighted by Gasteiger charge is 2.45. The minimum Gasteiger partial charge on any atom is -0.503 e. The molecule has 1 amide bonds. The van der Waals surface area contributed by atoms with Crippen LogP contribution in [0.3, 0.4) is 0 Å². The zero-order valence-corrected chi connectivity index (χ0v) is 19.1. The summed E-state index contributed by atoms with van der Waals surface area (Å²) in [4.78, 5) is 27.6. The van der Waals surface area contributed by atoms with Crippen molar-refractivity contribution >= 4 is 34.2 Å². The Bertz CT molecular complexity index is 1220. The SMILES string of the molecule is CCCOc1ccc(C2C(C(=O)C=Cc3ccccc3)=C(O)C(=O)N2c2nnc(C)s2)cc1. The second kappa shape index (κ2) is 9.79. The van der Waals surface area contributed by atoms with E-state index in [4.69, 9.17) is 4.74 Å². The van der Waals surface area contributed by atoms with Crippen LogP contribution in [0.1, 0.15) is 35.5 Å². The van der Waals surface area contributed by atoms with Crippen molar-refractivity contribution in [3.05, 3.63) is 88.1 Å². The molecule has 0 fully saturated rings. The number of allylic oxidation sites excluding steroid dienone is 1. The van der Waals surface area contributed by atoms with Gasteiger partial charge in [-0.25, -0.2) is 0 Å². The summed E-state index contributed by atoms with van der Waals surface area (Å²) in [6, 6.07) is 15.7. The van der Waals surface area contributed by atoms with Crippen molar-refractivity contribution in [3.8, 4) is 5.75 Å². The molecule has 1 N–H and O–H groups in total. The van der Waals surface area contributed by atoms with E-state index in [0.29, 0.717) is 28.1 Å². The first-order chi connectivity index (χ1) is 16.0. The maximum atomic E-state index is 13.2. The fraction of sp³-hybridized carbons (Fsp3) is 0.200.